The molecule has 2 aromatic carbocycles. The SMILES string of the molecule is COc1cc(C=CC(=O)NCc2ccc(C)cc2)ccc1OCC#N. The number of ether oxygens (including phenoxy) is 2. The highest BCUT2D eigenvalue weighted by Gasteiger charge is 2.05. The molecule has 2 rings (SSSR count). The summed E-state index contributed by atoms with van der Waals surface area (Å²) >= 11 is 0. The Kier molecular flexibility index (Phi) is 6.61. The first-order chi connectivity index (χ1) is 12.1. The summed E-state index contributed by atoms with van der Waals surface area (Å²) in [6.45, 7) is 2.46. The van der Waals surface area contributed by atoms with Gasteiger partial charge in [0.1, 0.15) is 6.07 Å². The number of carbonyl (C=O) groups is 1. The Labute approximate surface area is 147 Å². The van der Waals surface area contributed by atoms with E-state index in [0.717, 1.165) is 11.1 Å². The van der Waals surface area contributed by atoms with E-state index in [1.165, 1.54) is 18.7 Å². The third-order valence-corrected chi connectivity index (χ3v) is 3.49. The van der Waals surface area contributed by atoms with Gasteiger partial charge in [0.05, 0.1) is 7.11 Å². The molecule has 0 saturated heterocycles. The Bertz CT molecular complexity index is 790. The van der Waals surface area contributed by atoms with Crippen LogP contribution in [0.15, 0.2) is 48.5 Å². The lowest BCUT2D eigenvalue weighted by atomic mass is 10.1. The van der Waals surface area contributed by atoms with Gasteiger partial charge in [-0.05, 0) is 36.3 Å². The van der Waals surface area contributed by atoms with Crippen LogP contribution in [-0.2, 0) is 11.3 Å². The number of amides is 1. The number of nitrogens with one attached hydrogen (secondary N) is 1. The summed E-state index contributed by atoms with van der Waals surface area (Å²) in [7, 11) is 1.52. The fraction of sp³-hybridized carbons (Fsp3) is 0.200. The second-order valence-corrected chi connectivity index (χ2v) is 5.39. The molecule has 0 saturated carbocycles. The van der Waals surface area contributed by atoms with E-state index in [-0.39, 0.29) is 12.5 Å². The van der Waals surface area contributed by atoms with Crippen LogP contribution < -0.4 is 14.8 Å². The molecular formula is C20H20N2O3. The molecule has 0 spiro atoms. The van der Waals surface area contributed by atoms with Crippen LogP contribution in [0.3, 0.4) is 0 Å². The molecule has 1 amide bonds. The maximum Gasteiger partial charge on any atom is 0.244 e. The van der Waals surface area contributed by atoms with Gasteiger partial charge >= 0.3 is 0 Å². The van der Waals surface area contributed by atoms with Crippen LogP contribution in [0.25, 0.3) is 6.08 Å². The Balaban J connectivity index is 1.94. The predicted octanol–water partition coefficient (Wildman–Crippen LogP) is 3.24. The number of nitriles is 1. The molecule has 0 unspecified atom stereocenters. The van der Waals surface area contributed by atoms with Crippen LogP contribution in [0, 0.1) is 18.3 Å². The van der Waals surface area contributed by atoms with Crippen LogP contribution in [0.5, 0.6) is 11.5 Å². The minimum absolute atomic E-state index is 0.0486. The smallest absolute Gasteiger partial charge is 0.244 e. The highest BCUT2D eigenvalue weighted by atomic mass is 16.5. The van der Waals surface area contributed by atoms with Crippen LogP contribution in [0.1, 0.15) is 16.7 Å². The topological polar surface area (TPSA) is 71.3 Å². The molecule has 5 heteroatoms. The number of aryl methyl sites for hydroxylation is 1. The number of carbonyl (C=O) groups excluding carboxylic acids is 1. The zero-order valence-corrected chi connectivity index (χ0v) is 14.3. The van der Waals surface area contributed by atoms with Crippen molar-refractivity contribution < 1.29 is 14.3 Å². The first kappa shape index (κ1) is 18.1. The summed E-state index contributed by atoms with van der Waals surface area (Å²) in [5, 5.41) is 11.4. The maximum atomic E-state index is 11.9. The monoisotopic (exact) mass is 336 g/mol. The Morgan fingerprint density at radius 2 is 1.96 bits per heavy atom. The normalized spacial score (nSPS) is 10.3. The molecule has 0 aromatic heterocycles. The lowest BCUT2D eigenvalue weighted by Gasteiger charge is -2.08. The second kappa shape index (κ2) is 9.14. The van der Waals surface area contributed by atoms with E-state index in [0.29, 0.717) is 18.0 Å². The van der Waals surface area contributed by atoms with Crippen LogP contribution in [0.4, 0.5) is 0 Å². The summed E-state index contributed by atoms with van der Waals surface area (Å²) in [6, 6.07) is 15.2. The van der Waals surface area contributed by atoms with Gasteiger partial charge in [-0.25, -0.2) is 0 Å². The molecule has 0 radical (unpaired) electrons. The average Bonchev–Trinajstić information content (AvgIpc) is 2.64. The van der Waals surface area contributed by atoms with Gasteiger partial charge in [-0.15, -0.1) is 0 Å². The molecule has 0 aliphatic rings. The number of benzene rings is 2. The lowest BCUT2D eigenvalue weighted by molar-refractivity contribution is -0.116. The van der Waals surface area contributed by atoms with Crippen molar-refractivity contribution in [1.82, 2.24) is 5.32 Å². The van der Waals surface area contributed by atoms with E-state index in [1.54, 1.807) is 24.3 Å². The molecule has 0 heterocycles. The van der Waals surface area contributed by atoms with Gasteiger partial charge in [0.2, 0.25) is 5.91 Å². The van der Waals surface area contributed by atoms with E-state index < -0.39 is 0 Å². The van der Waals surface area contributed by atoms with Crippen molar-refractivity contribution in [3.05, 3.63) is 65.2 Å². The maximum absolute atomic E-state index is 11.9. The van der Waals surface area contributed by atoms with Gasteiger partial charge < -0.3 is 14.8 Å². The molecule has 2 aromatic rings. The molecule has 1 N–H and O–H groups in total. The third kappa shape index (κ3) is 5.70. The van der Waals surface area contributed by atoms with Crippen molar-refractivity contribution >= 4 is 12.0 Å². The predicted molar refractivity (Wildman–Crippen MR) is 96.2 cm³/mol. The van der Waals surface area contributed by atoms with E-state index in [2.05, 4.69) is 5.32 Å². The number of nitrogens with zero attached hydrogens (tertiary/aromatic N) is 1. The zero-order valence-electron chi connectivity index (χ0n) is 14.3. The number of rotatable bonds is 7. The standard InChI is InChI=1S/C20H20N2O3/c1-15-3-5-17(6-4-15)14-22-20(23)10-8-16-7-9-18(25-12-11-21)19(13-16)24-2/h3-10,13H,12,14H2,1-2H3,(H,22,23). The molecule has 0 fully saturated rings. The van der Waals surface area contributed by atoms with Gasteiger partial charge in [0.15, 0.2) is 18.1 Å². The van der Waals surface area contributed by atoms with E-state index in [4.69, 9.17) is 14.7 Å². The minimum atomic E-state index is -0.177. The first-order valence-electron chi connectivity index (χ1n) is 7.81. The van der Waals surface area contributed by atoms with Crippen molar-refractivity contribution in [2.24, 2.45) is 0 Å². The van der Waals surface area contributed by atoms with Crippen molar-refractivity contribution in [1.29, 1.82) is 5.26 Å². The molecular weight excluding hydrogens is 316 g/mol. The Morgan fingerprint density at radius 3 is 2.64 bits per heavy atom. The summed E-state index contributed by atoms with van der Waals surface area (Å²) in [5.41, 5.74) is 3.03. The summed E-state index contributed by atoms with van der Waals surface area (Å²) in [5.74, 6) is 0.826. The molecule has 5 nitrogen and oxygen atoms in total. The first-order valence-corrected chi connectivity index (χ1v) is 7.81. The summed E-state index contributed by atoms with van der Waals surface area (Å²) < 4.78 is 10.5. The summed E-state index contributed by atoms with van der Waals surface area (Å²) in [4.78, 5) is 11.9. The zero-order chi connectivity index (χ0) is 18.1. The largest absolute Gasteiger partial charge is 0.493 e. The highest BCUT2D eigenvalue weighted by Crippen LogP contribution is 2.28. The average molecular weight is 336 g/mol. The fourth-order valence-electron chi connectivity index (χ4n) is 2.14. The molecule has 128 valence electrons. The lowest BCUT2D eigenvalue weighted by Crippen LogP contribution is -2.20. The van der Waals surface area contributed by atoms with E-state index >= 15 is 0 Å². The van der Waals surface area contributed by atoms with Crippen molar-refractivity contribution in [3.8, 4) is 17.6 Å². The van der Waals surface area contributed by atoms with Gasteiger partial charge in [0.25, 0.3) is 0 Å². The highest BCUT2D eigenvalue weighted by molar-refractivity contribution is 5.91. The van der Waals surface area contributed by atoms with Crippen molar-refractivity contribution in [3.63, 3.8) is 0 Å². The molecule has 0 aliphatic heterocycles. The Morgan fingerprint density at radius 1 is 1.20 bits per heavy atom. The Hall–Kier alpha value is -3.26. The molecule has 0 aliphatic carbocycles. The second-order valence-electron chi connectivity index (χ2n) is 5.39. The number of methoxy groups -OCH3 is 1. The van der Waals surface area contributed by atoms with Crippen molar-refractivity contribution in [2.45, 2.75) is 13.5 Å². The van der Waals surface area contributed by atoms with Gasteiger partial charge in [-0.1, -0.05) is 35.9 Å². The van der Waals surface area contributed by atoms with Crippen LogP contribution in [-0.4, -0.2) is 19.6 Å². The van der Waals surface area contributed by atoms with Crippen LogP contribution in [0.2, 0.25) is 0 Å². The van der Waals surface area contributed by atoms with Crippen LogP contribution >= 0.6 is 0 Å². The molecule has 25 heavy (non-hydrogen) atoms. The van der Waals surface area contributed by atoms with Gasteiger partial charge in [0, 0.05) is 12.6 Å². The number of hydrogen-bond donors (Lipinski definition) is 1. The van der Waals surface area contributed by atoms with E-state index in [9.17, 15) is 4.79 Å². The number of hydrogen-bond acceptors (Lipinski definition) is 4. The van der Waals surface area contributed by atoms with Gasteiger partial charge in [-0.2, -0.15) is 5.26 Å². The third-order valence-electron chi connectivity index (χ3n) is 3.49. The van der Waals surface area contributed by atoms with Crippen molar-refractivity contribution in [2.75, 3.05) is 13.7 Å². The van der Waals surface area contributed by atoms with Gasteiger partial charge in [-0.3, -0.25) is 4.79 Å². The summed E-state index contributed by atoms with van der Waals surface area (Å²) in [6.07, 6.45) is 3.17. The quantitative estimate of drug-likeness (QED) is 0.788. The molecule has 0 bridgehead atoms. The molecule has 0 atom stereocenters. The van der Waals surface area contributed by atoms with E-state index in [1.807, 2.05) is 37.3 Å². The fourth-order valence-corrected chi connectivity index (χ4v) is 2.14. The minimum Gasteiger partial charge on any atom is -0.493 e.